The minimum atomic E-state index is 0.543. The zero-order valence-corrected chi connectivity index (χ0v) is 10.6. The Hall–Kier alpha value is -1.35. The number of nitrogens with zero attached hydrogens (tertiary/aromatic N) is 1. The van der Waals surface area contributed by atoms with Gasteiger partial charge < -0.3 is 9.64 Å². The van der Waals surface area contributed by atoms with Crippen LogP contribution in [-0.2, 0) is 4.74 Å². The SMILES string of the molecule is CC(C)c1ccc(C(=N)N2CCOCC2)cc1. The average Bonchev–Trinajstić information content (AvgIpc) is 2.39. The molecule has 0 amide bonds. The third-order valence-corrected chi connectivity index (χ3v) is 3.18. The first kappa shape index (κ1) is 12.1. The van der Waals surface area contributed by atoms with Gasteiger partial charge in [0, 0.05) is 18.7 Å². The van der Waals surface area contributed by atoms with Crippen LogP contribution < -0.4 is 0 Å². The molecule has 0 spiro atoms. The summed E-state index contributed by atoms with van der Waals surface area (Å²) in [5.74, 6) is 1.16. The van der Waals surface area contributed by atoms with Crippen molar-refractivity contribution in [2.24, 2.45) is 0 Å². The summed E-state index contributed by atoms with van der Waals surface area (Å²) in [4.78, 5) is 2.08. The predicted molar refractivity (Wildman–Crippen MR) is 69.8 cm³/mol. The number of hydrogen-bond acceptors (Lipinski definition) is 2. The van der Waals surface area contributed by atoms with E-state index in [0.29, 0.717) is 11.8 Å². The van der Waals surface area contributed by atoms with E-state index < -0.39 is 0 Å². The molecule has 2 rings (SSSR count). The highest BCUT2D eigenvalue weighted by molar-refractivity contribution is 5.96. The van der Waals surface area contributed by atoms with Crippen LogP contribution in [0.2, 0.25) is 0 Å². The first-order valence-electron chi connectivity index (χ1n) is 6.20. The van der Waals surface area contributed by atoms with Gasteiger partial charge in [-0.15, -0.1) is 0 Å². The van der Waals surface area contributed by atoms with E-state index in [1.807, 2.05) is 12.1 Å². The van der Waals surface area contributed by atoms with Crippen LogP contribution in [0.15, 0.2) is 24.3 Å². The monoisotopic (exact) mass is 232 g/mol. The van der Waals surface area contributed by atoms with E-state index in [9.17, 15) is 0 Å². The topological polar surface area (TPSA) is 36.3 Å². The van der Waals surface area contributed by atoms with Crippen molar-refractivity contribution in [2.75, 3.05) is 26.3 Å². The Balaban J connectivity index is 2.08. The fourth-order valence-corrected chi connectivity index (χ4v) is 2.00. The van der Waals surface area contributed by atoms with Gasteiger partial charge in [-0.25, -0.2) is 0 Å². The van der Waals surface area contributed by atoms with Crippen molar-refractivity contribution in [1.82, 2.24) is 4.90 Å². The van der Waals surface area contributed by atoms with Crippen LogP contribution in [0.5, 0.6) is 0 Å². The van der Waals surface area contributed by atoms with E-state index in [1.54, 1.807) is 0 Å². The molecular weight excluding hydrogens is 212 g/mol. The van der Waals surface area contributed by atoms with Crippen molar-refractivity contribution in [3.05, 3.63) is 35.4 Å². The van der Waals surface area contributed by atoms with E-state index in [4.69, 9.17) is 10.1 Å². The highest BCUT2D eigenvalue weighted by atomic mass is 16.5. The van der Waals surface area contributed by atoms with E-state index in [1.165, 1.54) is 5.56 Å². The summed E-state index contributed by atoms with van der Waals surface area (Å²) in [6.45, 7) is 7.47. The van der Waals surface area contributed by atoms with Gasteiger partial charge >= 0.3 is 0 Å². The van der Waals surface area contributed by atoms with Gasteiger partial charge in [0.2, 0.25) is 0 Å². The molecule has 0 aromatic heterocycles. The minimum Gasteiger partial charge on any atom is -0.378 e. The van der Waals surface area contributed by atoms with Gasteiger partial charge in [0.15, 0.2) is 0 Å². The molecule has 0 unspecified atom stereocenters. The molecule has 0 bridgehead atoms. The number of morpholine rings is 1. The lowest BCUT2D eigenvalue weighted by Gasteiger charge is -2.29. The van der Waals surface area contributed by atoms with Gasteiger partial charge in [-0.05, 0) is 11.5 Å². The van der Waals surface area contributed by atoms with Gasteiger partial charge in [-0.2, -0.15) is 0 Å². The minimum absolute atomic E-state index is 0.543. The molecule has 0 aliphatic carbocycles. The van der Waals surface area contributed by atoms with Crippen LogP contribution in [0, 0.1) is 5.41 Å². The Kier molecular flexibility index (Phi) is 3.79. The van der Waals surface area contributed by atoms with Gasteiger partial charge in [0.1, 0.15) is 5.84 Å². The molecule has 1 aromatic carbocycles. The summed E-state index contributed by atoms with van der Waals surface area (Å²) >= 11 is 0. The first-order chi connectivity index (χ1) is 8.18. The van der Waals surface area contributed by atoms with Crippen LogP contribution in [0.3, 0.4) is 0 Å². The van der Waals surface area contributed by atoms with Crippen LogP contribution in [0.1, 0.15) is 30.9 Å². The largest absolute Gasteiger partial charge is 0.378 e. The second-order valence-electron chi connectivity index (χ2n) is 4.72. The Morgan fingerprint density at radius 2 is 1.76 bits per heavy atom. The van der Waals surface area contributed by atoms with Crippen LogP contribution in [-0.4, -0.2) is 37.0 Å². The third kappa shape index (κ3) is 2.86. The molecule has 1 saturated heterocycles. The number of benzene rings is 1. The van der Waals surface area contributed by atoms with Crippen molar-refractivity contribution in [2.45, 2.75) is 19.8 Å². The van der Waals surface area contributed by atoms with Gasteiger partial charge in [-0.3, -0.25) is 5.41 Å². The summed E-state index contributed by atoms with van der Waals surface area (Å²) in [5, 5.41) is 8.17. The molecule has 3 heteroatoms. The zero-order chi connectivity index (χ0) is 12.3. The van der Waals surface area contributed by atoms with Gasteiger partial charge in [0.05, 0.1) is 13.2 Å². The van der Waals surface area contributed by atoms with Gasteiger partial charge in [0.25, 0.3) is 0 Å². The van der Waals surface area contributed by atoms with Crippen molar-refractivity contribution in [3.8, 4) is 0 Å². The predicted octanol–water partition coefficient (Wildman–Crippen LogP) is 2.47. The molecule has 0 saturated carbocycles. The number of rotatable bonds is 2. The lowest BCUT2D eigenvalue weighted by molar-refractivity contribution is 0.0680. The average molecular weight is 232 g/mol. The molecule has 1 fully saturated rings. The molecule has 0 atom stereocenters. The van der Waals surface area contributed by atoms with Crippen LogP contribution in [0.25, 0.3) is 0 Å². The maximum atomic E-state index is 8.17. The van der Waals surface area contributed by atoms with Crippen molar-refractivity contribution in [1.29, 1.82) is 5.41 Å². The maximum Gasteiger partial charge on any atom is 0.128 e. The summed E-state index contributed by atoms with van der Waals surface area (Å²) < 4.78 is 5.30. The fraction of sp³-hybridized carbons (Fsp3) is 0.500. The molecule has 1 N–H and O–H groups in total. The van der Waals surface area contributed by atoms with Crippen LogP contribution >= 0.6 is 0 Å². The molecule has 3 nitrogen and oxygen atoms in total. The number of nitrogens with one attached hydrogen (secondary N) is 1. The molecule has 92 valence electrons. The second kappa shape index (κ2) is 5.32. The summed E-state index contributed by atoms with van der Waals surface area (Å²) in [7, 11) is 0. The van der Waals surface area contributed by atoms with E-state index in [2.05, 4.69) is 30.9 Å². The van der Waals surface area contributed by atoms with E-state index >= 15 is 0 Å². The smallest absolute Gasteiger partial charge is 0.128 e. The highest BCUT2D eigenvalue weighted by Crippen LogP contribution is 2.16. The van der Waals surface area contributed by atoms with E-state index in [0.717, 1.165) is 31.9 Å². The molecule has 1 aliphatic heterocycles. The lowest BCUT2D eigenvalue weighted by atomic mass is 10.0. The van der Waals surface area contributed by atoms with Gasteiger partial charge in [-0.1, -0.05) is 38.1 Å². The quantitative estimate of drug-likeness (QED) is 0.628. The van der Waals surface area contributed by atoms with Crippen molar-refractivity contribution < 1.29 is 4.74 Å². The number of amidine groups is 1. The Morgan fingerprint density at radius 3 is 2.29 bits per heavy atom. The van der Waals surface area contributed by atoms with Crippen molar-refractivity contribution in [3.63, 3.8) is 0 Å². The van der Waals surface area contributed by atoms with Crippen molar-refractivity contribution >= 4 is 5.84 Å². The lowest BCUT2D eigenvalue weighted by Crippen LogP contribution is -2.40. The zero-order valence-electron chi connectivity index (χ0n) is 10.6. The standard InChI is InChI=1S/C14H20N2O/c1-11(2)12-3-5-13(6-4-12)14(15)16-7-9-17-10-8-16/h3-6,11,15H,7-10H2,1-2H3. The summed E-state index contributed by atoms with van der Waals surface area (Å²) in [6, 6.07) is 8.34. The molecule has 17 heavy (non-hydrogen) atoms. The normalized spacial score (nSPS) is 16.3. The summed E-state index contributed by atoms with van der Waals surface area (Å²) in [6.07, 6.45) is 0. The number of hydrogen-bond donors (Lipinski definition) is 1. The first-order valence-corrected chi connectivity index (χ1v) is 6.20. The Labute approximate surface area is 103 Å². The molecule has 1 aliphatic rings. The molecular formula is C14H20N2O. The Morgan fingerprint density at radius 1 is 1.18 bits per heavy atom. The molecule has 1 aromatic rings. The summed E-state index contributed by atoms with van der Waals surface area (Å²) in [5.41, 5.74) is 2.32. The molecule has 1 heterocycles. The number of ether oxygens (including phenoxy) is 1. The fourth-order valence-electron chi connectivity index (χ4n) is 2.00. The van der Waals surface area contributed by atoms with E-state index in [-0.39, 0.29) is 0 Å². The Bertz CT molecular complexity index is 378. The highest BCUT2D eigenvalue weighted by Gasteiger charge is 2.15. The van der Waals surface area contributed by atoms with Crippen LogP contribution in [0.4, 0.5) is 0 Å². The maximum absolute atomic E-state index is 8.17. The third-order valence-electron chi connectivity index (χ3n) is 3.18. The second-order valence-corrected chi connectivity index (χ2v) is 4.72. The molecule has 0 radical (unpaired) electrons.